The fraction of sp³-hybridized carbons (Fsp3) is 0.214. The third kappa shape index (κ3) is 1.73. The Morgan fingerprint density at radius 2 is 2.12 bits per heavy atom. The Labute approximate surface area is 101 Å². The molecule has 2 N–H and O–H groups in total. The van der Waals surface area contributed by atoms with Gasteiger partial charge in [0.05, 0.1) is 11.9 Å². The van der Waals surface area contributed by atoms with Crippen LogP contribution in [0.15, 0.2) is 36.7 Å². The number of pyridine rings is 1. The molecule has 0 bridgehead atoms. The zero-order valence-corrected chi connectivity index (χ0v) is 9.85. The van der Waals surface area contributed by atoms with Gasteiger partial charge in [0.15, 0.2) is 0 Å². The Morgan fingerprint density at radius 1 is 1.24 bits per heavy atom. The molecule has 1 aliphatic heterocycles. The quantitative estimate of drug-likeness (QED) is 0.758. The van der Waals surface area contributed by atoms with Gasteiger partial charge in [-0.2, -0.15) is 0 Å². The Hall–Kier alpha value is -2.03. The van der Waals surface area contributed by atoms with Crippen molar-refractivity contribution in [3.05, 3.63) is 53.3 Å². The van der Waals surface area contributed by atoms with E-state index in [1.807, 2.05) is 24.5 Å². The second-order valence-electron chi connectivity index (χ2n) is 4.56. The number of hydrogen-bond acceptors (Lipinski definition) is 3. The Bertz CT molecular complexity index is 563. The largest absolute Gasteiger partial charge is 0.398 e. The lowest BCUT2D eigenvalue weighted by molar-refractivity contribution is 0.875. The number of nitrogen functional groups attached to an aromatic ring is 1. The molecule has 1 aliphatic rings. The van der Waals surface area contributed by atoms with Gasteiger partial charge in [-0.25, -0.2) is 0 Å². The molecule has 3 rings (SSSR count). The maximum atomic E-state index is 6.00. The number of anilines is 2. The Morgan fingerprint density at radius 3 is 2.88 bits per heavy atom. The molecule has 0 saturated heterocycles. The number of nitrogens with two attached hydrogens (primary N) is 1. The minimum Gasteiger partial charge on any atom is -0.398 e. The van der Waals surface area contributed by atoms with Gasteiger partial charge in [0.1, 0.15) is 0 Å². The molecule has 86 valence electrons. The summed E-state index contributed by atoms with van der Waals surface area (Å²) in [6.45, 7) is 3.87. The highest BCUT2D eigenvalue weighted by Gasteiger charge is 2.20. The van der Waals surface area contributed by atoms with Crippen molar-refractivity contribution in [1.29, 1.82) is 0 Å². The van der Waals surface area contributed by atoms with E-state index in [9.17, 15) is 0 Å². The number of hydrogen-bond donors (Lipinski definition) is 1. The Kier molecular flexibility index (Phi) is 2.25. The van der Waals surface area contributed by atoms with E-state index in [0.717, 1.165) is 18.8 Å². The van der Waals surface area contributed by atoms with Crippen LogP contribution in [0.5, 0.6) is 0 Å². The number of fused-ring (bicyclic) bond motifs is 1. The third-order valence-corrected chi connectivity index (χ3v) is 3.25. The van der Waals surface area contributed by atoms with Crippen LogP contribution in [0.1, 0.15) is 16.7 Å². The summed E-state index contributed by atoms with van der Waals surface area (Å²) in [4.78, 5) is 6.55. The Balaban J connectivity index is 1.94. The molecule has 0 unspecified atom stereocenters. The predicted molar refractivity (Wildman–Crippen MR) is 69.7 cm³/mol. The van der Waals surface area contributed by atoms with Crippen molar-refractivity contribution >= 4 is 11.4 Å². The predicted octanol–water partition coefficient (Wildman–Crippen LogP) is 2.49. The lowest BCUT2D eigenvalue weighted by Crippen LogP contribution is -2.14. The van der Waals surface area contributed by atoms with Crippen molar-refractivity contribution < 1.29 is 0 Å². The van der Waals surface area contributed by atoms with Crippen molar-refractivity contribution in [2.24, 2.45) is 0 Å². The number of aromatic nitrogens is 1. The third-order valence-electron chi connectivity index (χ3n) is 3.25. The van der Waals surface area contributed by atoms with Gasteiger partial charge in [-0.1, -0.05) is 12.1 Å². The fourth-order valence-electron chi connectivity index (χ4n) is 2.34. The summed E-state index contributed by atoms with van der Waals surface area (Å²) < 4.78 is 0. The highest BCUT2D eigenvalue weighted by molar-refractivity contribution is 5.59. The van der Waals surface area contributed by atoms with Crippen molar-refractivity contribution in [2.75, 3.05) is 10.6 Å². The molecule has 2 aromatic rings. The van der Waals surface area contributed by atoms with Gasteiger partial charge in [0.25, 0.3) is 0 Å². The molecule has 3 nitrogen and oxygen atoms in total. The summed E-state index contributed by atoms with van der Waals surface area (Å²) in [5.74, 6) is 0. The normalized spacial score (nSPS) is 13.8. The summed E-state index contributed by atoms with van der Waals surface area (Å²) in [5, 5.41) is 0. The number of rotatable bonds is 1. The van der Waals surface area contributed by atoms with Crippen molar-refractivity contribution in [1.82, 2.24) is 4.98 Å². The maximum absolute atomic E-state index is 6.00. The summed E-state index contributed by atoms with van der Waals surface area (Å²) in [6.07, 6.45) is 3.79. The van der Waals surface area contributed by atoms with Crippen LogP contribution in [0.4, 0.5) is 11.4 Å². The van der Waals surface area contributed by atoms with E-state index in [1.165, 1.54) is 22.4 Å². The van der Waals surface area contributed by atoms with E-state index in [2.05, 4.69) is 28.9 Å². The first-order valence-electron chi connectivity index (χ1n) is 5.77. The molecule has 0 aliphatic carbocycles. The first-order chi connectivity index (χ1) is 8.24. The molecule has 0 fully saturated rings. The average Bonchev–Trinajstić information content (AvgIpc) is 2.74. The minimum atomic E-state index is 0.882. The molecular weight excluding hydrogens is 210 g/mol. The first kappa shape index (κ1) is 10.1. The van der Waals surface area contributed by atoms with E-state index in [4.69, 9.17) is 5.73 Å². The highest BCUT2D eigenvalue weighted by atomic mass is 15.2. The van der Waals surface area contributed by atoms with Crippen LogP contribution >= 0.6 is 0 Å². The van der Waals surface area contributed by atoms with Crippen LogP contribution in [-0.2, 0) is 13.1 Å². The topological polar surface area (TPSA) is 42.2 Å². The van der Waals surface area contributed by atoms with Crippen LogP contribution in [0.2, 0.25) is 0 Å². The molecule has 3 heteroatoms. The second kappa shape index (κ2) is 3.77. The van der Waals surface area contributed by atoms with Gasteiger partial charge >= 0.3 is 0 Å². The fourth-order valence-corrected chi connectivity index (χ4v) is 2.34. The smallest absolute Gasteiger partial charge is 0.0561 e. The van der Waals surface area contributed by atoms with E-state index < -0.39 is 0 Å². The van der Waals surface area contributed by atoms with Gasteiger partial charge in [-0.15, -0.1) is 0 Å². The van der Waals surface area contributed by atoms with Gasteiger partial charge in [0.2, 0.25) is 0 Å². The molecular formula is C14H15N3. The molecule has 0 spiro atoms. The van der Waals surface area contributed by atoms with Crippen molar-refractivity contribution in [3.8, 4) is 0 Å². The summed E-state index contributed by atoms with van der Waals surface area (Å²) >= 11 is 0. The monoisotopic (exact) mass is 225 g/mol. The molecule has 0 atom stereocenters. The molecule has 2 heterocycles. The van der Waals surface area contributed by atoms with E-state index in [1.54, 1.807) is 0 Å². The summed E-state index contributed by atoms with van der Waals surface area (Å²) in [5.41, 5.74) is 11.8. The lowest BCUT2D eigenvalue weighted by Gasteiger charge is -2.17. The molecule has 0 radical (unpaired) electrons. The standard InChI is InChI=1S/C14H15N3/c1-10-5-12(7-16-6-10)17-8-11-3-2-4-14(15)13(11)9-17/h2-7H,8-9,15H2,1H3. The van der Waals surface area contributed by atoms with Crippen LogP contribution < -0.4 is 10.6 Å². The zero-order valence-electron chi connectivity index (χ0n) is 9.85. The SMILES string of the molecule is Cc1cncc(N2Cc3cccc(N)c3C2)c1. The minimum absolute atomic E-state index is 0.882. The van der Waals surface area contributed by atoms with Crippen LogP contribution in [0.25, 0.3) is 0 Å². The molecule has 0 amide bonds. The van der Waals surface area contributed by atoms with E-state index in [0.29, 0.717) is 0 Å². The molecule has 1 aromatic carbocycles. The maximum Gasteiger partial charge on any atom is 0.0561 e. The molecule has 0 saturated carbocycles. The van der Waals surface area contributed by atoms with E-state index >= 15 is 0 Å². The van der Waals surface area contributed by atoms with Crippen LogP contribution in [-0.4, -0.2) is 4.98 Å². The number of nitrogens with zero attached hydrogens (tertiary/aromatic N) is 2. The van der Waals surface area contributed by atoms with Gasteiger partial charge in [0, 0.05) is 25.0 Å². The first-order valence-corrected chi connectivity index (χ1v) is 5.77. The molecule has 17 heavy (non-hydrogen) atoms. The average molecular weight is 225 g/mol. The second-order valence-corrected chi connectivity index (χ2v) is 4.56. The van der Waals surface area contributed by atoms with Crippen molar-refractivity contribution in [2.45, 2.75) is 20.0 Å². The summed E-state index contributed by atoms with van der Waals surface area (Å²) in [7, 11) is 0. The van der Waals surface area contributed by atoms with Crippen molar-refractivity contribution in [3.63, 3.8) is 0 Å². The highest BCUT2D eigenvalue weighted by Crippen LogP contribution is 2.31. The number of benzene rings is 1. The number of aryl methyl sites for hydroxylation is 1. The van der Waals surface area contributed by atoms with Crippen LogP contribution in [0.3, 0.4) is 0 Å². The lowest BCUT2D eigenvalue weighted by atomic mass is 10.1. The zero-order chi connectivity index (χ0) is 11.8. The van der Waals surface area contributed by atoms with Gasteiger partial charge in [-0.05, 0) is 35.7 Å². The van der Waals surface area contributed by atoms with E-state index in [-0.39, 0.29) is 0 Å². The molecule has 1 aromatic heterocycles. The summed E-state index contributed by atoms with van der Waals surface area (Å²) in [6, 6.07) is 8.30. The van der Waals surface area contributed by atoms with Gasteiger partial charge in [-0.3, -0.25) is 4.98 Å². The van der Waals surface area contributed by atoms with Crippen LogP contribution in [0, 0.1) is 6.92 Å². The van der Waals surface area contributed by atoms with Gasteiger partial charge < -0.3 is 10.6 Å².